The predicted octanol–water partition coefficient (Wildman–Crippen LogP) is 1.32. The minimum absolute atomic E-state index is 0.290. The molecule has 104 valence electrons. The molecule has 0 radical (unpaired) electrons. The van der Waals surface area contributed by atoms with Crippen molar-refractivity contribution < 1.29 is 13.6 Å². The fourth-order valence-electron chi connectivity index (χ4n) is 2.19. The number of carbonyl (C=O) groups is 1. The van der Waals surface area contributed by atoms with Gasteiger partial charge in [0.15, 0.2) is 5.82 Å². The summed E-state index contributed by atoms with van der Waals surface area (Å²) in [7, 11) is 1.97. The predicted molar refractivity (Wildman–Crippen MR) is 68.8 cm³/mol. The first-order valence-corrected chi connectivity index (χ1v) is 6.21. The van der Waals surface area contributed by atoms with Crippen molar-refractivity contribution in [2.75, 3.05) is 39.0 Å². The van der Waals surface area contributed by atoms with Gasteiger partial charge in [0.05, 0.1) is 11.3 Å². The van der Waals surface area contributed by atoms with Crippen LogP contribution < -0.4 is 5.73 Å². The van der Waals surface area contributed by atoms with E-state index in [9.17, 15) is 13.6 Å². The first-order valence-electron chi connectivity index (χ1n) is 6.21. The van der Waals surface area contributed by atoms with Crippen LogP contribution in [0.15, 0.2) is 12.1 Å². The van der Waals surface area contributed by atoms with Gasteiger partial charge in [-0.3, -0.25) is 4.79 Å². The van der Waals surface area contributed by atoms with Crippen molar-refractivity contribution in [2.45, 2.75) is 6.42 Å². The van der Waals surface area contributed by atoms with Gasteiger partial charge in [0.2, 0.25) is 0 Å². The van der Waals surface area contributed by atoms with Crippen LogP contribution >= 0.6 is 0 Å². The van der Waals surface area contributed by atoms with Gasteiger partial charge < -0.3 is 15.5 Å². The van der Waals surface area contributed by atoms with Gasteiger partial charge in [0.25, 0.3) is 5.91 Å². The van der Waals surface area contributed by atoms with E-state index in [0.29, 0.717) is 13.1 Å². The molecule has 0 aromatic heterocycles. The number of nitrogens with zero attached hydrogens (tertiary/aromatic N) is 2. The molecule has 0 aliphatic carbocycles. The minimum atomic E-state index is -0.844. The van der Waals surface area contributed by atoms with Crippen LogP contribution in [0.25, 0.3) is 0 Å². The summed E-state index contributed by atoms with van der Waals surface area (Å²) < 4.78 is 27.1. The van der Waals surface area contributed by atoms with Crippen LogP contribution in [0.2, 0.25) is 0 Å². The van der Waals surface area contributed by atoms with Crippen LogP contribution in [0.1, 0.15) is 16.8 Å². The maximum atomic E-state index is 13.8. The lowest BCUT2D eigenvalue weighted by atomic mass is 10.1. The van der Waals surface area contributed by atoms with Gasteiger partial charge in [-0.2, -0.15) is 0 Å². The second kappa shape index (κ2) is 5.52. The first-order chi connectivity index (χ1) is 8.99. The summed E-state index contributed by atoms with van der Waals surface area (Å²) in [6.45, 7) is 2.65. The van der Waals surface area contributed by atoms with E-state index in [0.717, 1.165) is 31.6 Å². The molecule has 4 nitrogen and oxygen atoms in total. The van der Waals surface area contributed by atoms with E-state index in [2.05, 4.69) is 4.90 Å². The number of rotatable bonds is 1. The highest BCUT2D eigenvalue weighted by Gasteiger charge is 2.23. The van der Waals surface area contributed by atoms with E-state index in [1.54, 1.807) is 4.90 Å². The highest BCUT2D eigenvalue weighted by molar-refractivity contribution is 5.95. The second-order valence-corrected chi connectivity index (χ2v) is 4.81. The molecule has 0 saturated carbocycles. The highest BCUT2D eigenvalue weighted by Crippen LogP contribution is 2.19. The van der Waals surface area contributed by atoms with Crippen molar-refractivity contribution in [3.8, 4) is 0 Å². The maximum absolute atomic E-state index is 13.8. The van der Waals surface area contributed by atoms with Gasteiger partial charge >= 0.3 is 0 Å². The lowest BCUT2D eigenvalue weighted by Gasteiger charge is -2.21. The smallest absolute Gasteiger partial charge is 0.257 e. The third-order valence-electron chi connectivity index (χ3n) is 3.30. The molecular formula is C13H17F2N3O. The Hall–Kier alpha value is -1.69. The molecule has 1 aromatic rings. The summed E-state index contributed by atoms with van der Waals surface area (Å²) in [5, 5.41) is 0. The molecule has 1 aromatic carbocycles. The Morgan fingerprint density at radius 3 is 2.68 bits per heavy atom. The fraction of sp³-hybridized carbons (Fsp3) is 0.462. The van der Waals surface area contributed by atoms with Gasteiger partial charge in [0.1, 0.15) is 5.82 Å². The zero-order valence-corrected chi connectivity index (χ0v) is 10.8. The molecule has 2 N–H and O–H groups in total. The van der Waals surface area contributed by atoms with Crippen molar-refractivity contribution >= 4 is 11.6 Å². The average Bonchev–Trinajstić information content (AvgIpc) is 2.58. The Balaban J connectivity index is 2.24. The van der Waals surface area contributed by atoms with Crippen molar-refractivity contribution in [1.29, 1.82) is 0 Å². The summed E-state index contributed by atoms with van der Waals surface area (Å²) in [4.78, 5) is 15.9. The molecule has 0 atom stereocenters. The van der Waals surface area contributed by atoms with Gasteiger partial charge in [0, 0.05) is 19.6 Å². The maximum Gasteiger partial charge on any atom is 0.257 e. The topological polar surface area (TPSA) is 49.6 Å². The molecule has 1 heterocycles. The molecule has 1 fully saturated rings. The van der Waals surface area contributed by atoms with Gasteiger partial charge in [-0.05, 0) is 32.1 Å². The van der Waals surface area contributed by atoms with E-state index in [4.69, 9.17) is 5.73 Å². The first kappa shape index (κ1) is 13.7. The van der Waals surface area contributed by atoms with E-state index >= 15 is 0 Å². The molecular weight excluding hydrogens is 252 g/mol. The summed E-state index contributed by atoms with van der Waals surface area (Å²) in [5.74, 6) is -2.04. The van der Waals surface area contributed by atoms with E-state index in [1.165, 1.54) is 0 Å². The number of nitrogens with two attached hydrogens (primary N) is 1. The zero-order chi connectivity index (χ0) is 14.0. The molecule has 0 bridgehead atoms. The van der Waals surface area contributed by atoms with Crippen LogP contribution in [0, 0.1) is 11.6 Å². The summed E-state index contributed by atoms with van der Waals surface area (Å²) in [6.07, 6.45) is 0.814. The summed E-state index contributed by atoms with van der Waals surface area (Å²) in [5.41, 5.74) is 4.72. The van der Waals surface area contributed by atoms with E-state index in [-0.39, 0.29) is 11.3 Å². The molecule has 19 heavy (non-hydrogen) atoms. The van der Waals surface area contributed by atoms with Crippen LogP contribution in [0.3, 0.4) is 0 Å². The largest absolute Gasteiger partial charge is 0.396 e. The fourth-order valence-corrected chi connectivity index (χ4v) is 2.19. The monoisotopic (exact) mass is 269 g/mol. The number of nitrogen functional groups attached to an aromatic ring is 1. The number of hydrogen-bond acceptors (Lipinski definition) is 3. The Bertz CT molecular complexity index is 493. The van der Waals surface area contributed by atoms with Gasteiger partial charge in [-0.25, -0.2) is 8.78 Å². The quantitative estimate of drug-likeness (QED) is 0.782. The SMILES string of the molecule is CN1CCCN(C(=O)c2cc(F)cc(N)c2F)CC1. The van der Waals surface area contributed by atoms with Crippen LogP contribution in [0.5, 0.6) is 0 Å². The Kier molecular flexibility index (Phi) is 3.99. The second-order valence-electron chi connectivity index (χ2n) is 4.81. The van der Waals surface area contributed by atoms with E-state index in [1.807, 2.05) is 7.05 Å². The number of amides is 1. The number of halogens is 2. The van der Waals surface area contributed by atoms with Crippen LogP contribution in [-0.2, 0) is 0 Å². The van der Waals surface area contributed by atoms with Gasteiger partial charge in [-0.15, -0.1) is 0 Å². The standard InChI is InChI=1S/C13H17F2N3O/c1-17-3-2-4-18(6-5-17)13(19)10-7-9(14)8-11(16)12(10)15/h7-8H,2-6,16H2,1H3. The molecule has 0 unspecified atom stereocenters. The molecule has 1 saturated heterocycles. The third-order valence-corrected chi connectivity index (χ3v) is 3.30. The Morgan fingerprint density at radius 1 is 1.21 bits per heavy atom. The van der Waals surface area contributed by atoms with Crippen molar-refractivity contribution in [1.82, 2.24) is 9.80 Å². The molecule has 2 rings (SSSR count). The van der Waals surface area contributed by atoms with Gasteiger partial charge in [-0.1, -0.05) is 0 Å². The third kappa shape index (κ3) is 3.01. The summed E-state index contributed by atoms with van der Waals surface area (Å²) in [6, 6.07) is 1.78. The number of benzene rings is 1. The molecule has 0 spiro atoms. The summed E-state index contributed by atoms with van der Waals surface area (Å²) >= 11 is 0. The highest BCUT2D eigenvalue weighted by atomic mass is 19.1. The molecule has 1 aliphatic rings. The molecule has 1 aliphatic heterocycles. The van der Waals surface area contributed by atoms with Crippen LogP contribution in [-0.4, -0.2) is 48.9 Å². The Labute approximate surface area is 110 Å². The lowest BCUT2D eigenvalue weighted by molar-refractivity contribution is 0.0757. The number of carbonyl (C=O) groups excluding carboxylic acids is 1. The average molecular weight is 269 g/mol. The van der Waals surface area contributed by atoms with Crippen molar-refractivity contribution in [3.05, 3.63) is 29.3 Å². The normalized spacial score (nSPS) is 17.3. The Morgan fingerprint density at radius 2 is 1.95 bits per heavy atom. The lowest BCUT2D eigenvalue weighted by Crippen LogP contribution is -2.35. The zero-order valence-electron chi connectivity index (χ0n) is 10.8. The van der Waals surface area contributed by atoms with Crippen molar-refractivity contribution in [3.63, 3.8) is 0 Å². The van der Waals surface area contributed by atoms with Crippen LogP contribution in [0.4, 0.5) is 14.5 Å². The number of likely N-dealkylation sites (N-methyl/N-ethyl adjacent to an activating group) is 1. The minimum Gasteiger partial charge on any atom is -0.396 e. The van der Waals surface area contributed by atoms with Crippen molar-refractivity contribution in [2.24, 2.45) is 0 Å². The molecule has 1 amide bonds. The number of hydrogen-bond donors (Lipinski definition) is 1. The molecule has 6 heteroatoms. The van der Waals surface area contributed by atoms with E-state index < -0.39 is 17.5 Å². The number of anilines is 1.